The SMILES string of the molecule is CN(CC1(N(C)C)CCC1)c1cccc(CNC2CC2)n1. The Morgan fingerprint density at radius 1 is 1.24 bits per heavy atom. The summed E-state index contributed by atoms with van der Waals surface area (Å²) >= 11 is 0. The molecule has 116 valence electrons. The molecule has 0 bridgehead atoms. The lowest BCUT2D eigenvalue weighted by Crippen LogP contribution is -2.56. The molecular formula is C17H28N4. The van der Waals surface area contributed by atoms with Crippen LogP contribution in [0.25, 0.3) is 0 Å². The van der Waals surface area contributed by atoms with Gasteiger partial charge in [0.15, 0.2) is 0 Å². The minimum Gasteiger partial charge on any atom is -0.358 e. The first-order valence-corrected chi connectivity index (χ1v) is 8.17. The molecule has 2 aliphatic rings. The molecule has 1 N–H and O–H groups in total. The maximum absolute atomic E-state index is 4.82. The number of pyridine rings is 1. The number of hydrogen-bond donors (Lipinski definition) is 1. The average Bonchev–Trinajstić information content (AvgIpc) is 3.24. The van der Waals surface area contributed by atoms with Gasteiger partial charge in [-0.05, 0) is 58.3 Å². The largest absolute Gasteiger partial charge is 0.358 e. The van der Waals surface area contributed by atoms with E-state index in [9.17, 15) is 0 Å². The second-order valence-electron chi connectivity index (χ2n) is 6.97. The third-order valence-corrected chi connectivity index (χ3v) is 5.10. The normalized spacial score (nSPS) is 20.4. The van der Waals surface area contributed by atoms with Crippen molar-refractivity contribution in [1.29, 1.82) is 0 Å². The van der Waals surface area contributed by atoms with Crippen LogP contribution < -0.4 is 10.2 Å². The monoisotopic (exact) mass is 288 g/mol. The van der Waals surface area contributed by atoms with E-state index in [-0.39, 0.29) is 0 Å². The minimum atomic E-state index is 0.346. The number of nitrogens with one attached hydrogen (secondary N) is 1. The molecule has 1 heterocycles. The van der Waals surface area contributed by atoms with Gasteiger partial charge in [-0.25, -0.2) is 4.98 Å². The van der Waals surface area contributed by atoms with Gasteiger partial charge in [0.05, 0.1) is 5.69 Å². The Bertz CT molecular complexity index is 477. The first kappa shape index (κ1) is 14.8. The molecule has 0 radical (unpaired) electrons. The van der Waals surface area contributed by atoms with Gasteiger partial charge in [-0.1, -0.05) is 6.07 Å². The molecule has 2 saturated carbocycles. The maximum Gasteiger partial charge on any atom is 0.128 e. The van der Waals surface area contributed by atoms with Gasteiger partial charge < -0.3 is 15.1 Å². The summed E-state index contributed by atoms with van der Waals surface area (Å²) in [4.78, 5) is 9.53. The molecule has 0 saturated heterocycles. The highest BCUT2D eigenvalue weighted by Crippen LogP contribution is 2.37. The van der Waals surface area contributed by atoms with Gasteiger partial charge in [-0.15, -0.1) is 0 Å². The smallest absolute Gasteiger partial charge is 0.128 e. The number of aromatic nitrogens is 1. The number of nitrogens with zero attached hydrogens (tertiary/aromatic N) is 3. The van der Waals surface area contributed by atoms with Crippen molar-refractivity contribution in [3.63, 3.8) is 0 Å². The molecule has 21 heavy (non-hydrogen) atoms. The van der Waals surface area contributed by atoms with Crippen LogP contribution in [0.2, 0.25) is 0 Å². The molecule has 1 aromatic rings. The average molecular weight is 288 g/mol. The molecule has 1 aromatic heterocycles. The topological polar surface area (TPSA) is 31.4 Å². The number of likely N-dealkylation sites (N-methyl/N-ethyl adjacent to an activating group) is 2. The van der Waals surface area contributed by atoms with Crippen molar-refractivity contribution in [1.82, 2.24) is 15.2 Å². The van der Waals surface area contributed by atoms with Gasteiger partial charge in [0.25, 0.3) is 0 Å². The Morgan fingerprint density at radius 3 is 2.57 bits per heavy atom. The Kier molecular flexibility index (Phi) is 4.18. The second-order valence-corrected chi connectivity index (χ2v) is 6.97. The zero-order chi connectivity index (χ0) is 14.9. The highest BCUT2D eigenvalue weighted by Gasteiger charge is 2.40. The van der Waals surface area contributed by atoms with E-state index in [1.807, 2.05) is 0 Å². The number of hydrogen-bond acceptors (Lipinski definition) is 4. The molecule has 0 spiro atoms. The molecule has 0 aromatic carbocycles. The van der Waals surface area contributed by atoms with Crippen molar-refractivity contribution in [3.8, 4) is 0 Å². The van der Waals surface area contributed by atoms with Crippen LogP contribution in [0, 0.1) is 0 Å². The molecule has 2 aliphatic carbocycles. The first-order chi connectivity index (χ1) is 10.1. The minimum absolute atomic E-state index is 0.346. The number of anilines is 1. The number of rotatable bonds is 7. The lowest BCUT2D eigenvalue weighted by Gasteiger charge is -2.49. The van der Waals surface area contributed by atoms with E-state index in [2.05, 4.69) is 54.5 Å². The van der Waals surface area contributed by atoms with Crippen LogP contribution in [0.4, 0.5) is 5.82 Å². The summed E-state index contributed by atoms with van der Waals surface area (Å²) < 4.78 is 0. The summed E-state index contributed by atoms with van der Waals surface area (Å²) in [6.45, 7) is 1.96. The molecule has 3 rings (SSSR count). The van der Waals surface area contributed by atoms with Crippen LogP contribution in [0.3, 0.4) is 0 Å². The zero-order valence-corrected chi connectivity index (χ0v) is 13.6. The maximum atomic E-state index is 4.82. The summed E-state index contributed by atoms with van der Waals surface area (Å²) in [7, 11) is 6.58. The fraction of sp³-hybridized carbons (Fsp3) is 0.706. The van der Waals surface area contributed by atoms with E-state index in [4.69, 9.17) is 4.98 Å². The van der Waals surface area contributed by atoms with Gasteiger partial charge in [0.1, 0.15) is 5.82 Å². The highest BCUT2D eigenvalue weighted by atomic mass is 15.2. The summed E-state index contributed by atoms with van der Waals surface area (Å²) in [6.07, 6.45) is 6.60. The fourth-order valence-electron chi connectivity index (χ4n) is 3.17. The molecule has 4 heteroatoms. The Labute approximate surface area is 128 Å². The molecule has 0 atom stereocenters. The van der Waals surface area contributed by atoms with Crippen LogP contribution in [-0.4, -0.2) is 49.2 Å². The molecule has 4 nitrogen and oxygen atoms in total. The molecule has 2 fully saturated rings. The quantitative estimate of drug-likeness (QED) is 0.834. The first-order valence-electron chi connectivity index (χ1n) is 8.17. The summed E-state index contributed by atoms with van der Waals surface area (Å²) in [5.74, 6) is 1.10. The van der Waals surface area contributed by atoms with Crippen LogP contribution in [0.5, 0.6) is 0 Å². The van der Waals surface area contributed by atoms with Crippen molar-refractivity contribution in [2.75, 3.05) is 32.6 Å². The lowest BCUT2D eigenvalue weighted by molar-refractivity contribution is 0.0682. The standard InChI is InChI=1S/C17H28N4/c1-20(2)17(10-5-11-17)13-21(3)16-7-4-6-15(19-16)12-18-14-8-9-14/h4,6-7,14,18H,5,8-13H2,1-3H3. The van der Waals surface area contributed by atoms with Crippen LogP contribution >= 0.6 is 0 Å². The predicted molar refractivity (Wildman–Crippen MR) is 87.6 cm³/mol. The molecule has 0 aliphatic heterocycles. The van der Waals surface area contributed by atoms with Crippen LogP contribution in [-0.2, 0) is 6.54 Å². The third-order valence-electron chi connectivity index (χ3n) is 5.10. The van der Waals surface area contributed by atoms with Crippen molar-refractivity contribution in [2.45, 2.75) is 50.2 Å². The van der Waals surface area contributed by atoms with Crippen LogP contribution in [0.1, 0.15) is 37.8 Å². The van der Waals surface area contributed by atoms with E-state index >= 15 is 0 Å². The molecule has 0 amide bonds. The van der Waals surface area contributed by atoms with E-state index in [0.29, 0.717) is 5.54 Å². The second kappa shape index (κ2) is 5.93. The Morgan fingerprint density at radius 2 is 2.00 bits per heavy atom. The Balaban J connectivity index is 1.63. The highest BCUT2D eigenvalue weighted by molar-refractivity contribution is 5.39. The molecule has 0 unspecified atom stereocenters. The third kappa shape index (κ3) is 3.38. The predicted octanol–water partition coefficient (Wildman–Crippen LogP) is 2.25. The van der Waals surface area contributed by atoms with Crippen LogP contribution in [0.15, 0.2) is 18.2 Å². The van der Waals surface area contributed by atoms with E-state index in [1.165, 1.54) is 32.1 Å². The van der Waals surface area contributed by atoms with Crippen molar-refractivity contribution in [3.05, 3.63) is 23.9 Å². The zero-order valence-electron chi connectivity index (χ0n) is 13.6. The van der Waals surface area contributed by atoms with Gasteiger partial charge in [0.2, 0.25) is 0 Å². The molecular weight excluding hydrogens is 260 g/mol. The fourth-order valence-corrected chi connectivity index (χ4v) is 3.17. The van der Waals surface area contributed by atoms with E-state index in [1.54, 1.807) is 0 Å². The van der Waals surface area contributed by atoms with Gasteiger partial charge in [-0.3, -0.25) is 0 Å². The summed E-state index contributed by atoms with van der Waals surface area (Å²) in [6, 6.07) is 7.12. The van der Waals surface area contributed by atoms with Crippen molar-refractivity contribution < 1.29 is 0 Å². The van der Waals surface area contributed by atoms with E-state index < -0.39 is 0 Å². The van der Waals surface area contributed by atoms with Gasteiger partial charge in [0, 0.05) is 31.7 Å². The summed E-state index contributed by atoms with van der Waals surface area (Å²) in [5, 5.41) is 3.54. The van der Waals surface area contributed by atoms with E-state index in [0.717, 1.165) is 30.6 Å². The van der Waals surface area contributed by atoms with Crippen molar-refractivity contribution >= 4 is 5.82 Å². The van der Waals surface area contributed by atoms with Gasteiger partial charge >= 0.3 is 0 Å². The Hall–Kier alpha value is -1.13. The summed E-state index contributed by atoms with van der Waals surface area (Å²) in [5.41, 5.74) is 1.50. The van der Waals surface area contributed by atoms with Gasteiger partial charge in [-0.2, -0.15) is 0 Å². The lowest BCUT2D eigenvalue weighted by atomic mass is 9.75. The van der Waals surface area contributed by atoms with Crippen molar-refractivity contribution in [2.24, 2.45) is 0 Å².